The molecule has 12 heteroatoms. The van der Waals surface area contributed by atoms with Gasteiger partial charge in [0.25, 0.3) is 5.78 Å². The number of benzene rings is 2. The molecule has 3 aromatic heterocycles. The van der Waals surface area contributed by atoms with Gasteiger partial charge in [-0.1, -0.05) is 42.5 Å². The Kier molecular flexibility index (Phi) is 7.06. The quantitative estimate of drug-likeness (QED) is 0.304. The van der Waals surface area contributed by atoms with Gasteiger partial charge in [-0.25, -0.2) is 4.39 Å². The minimum Gasteiger partial charge on any atom is -0.461 e. The van der Waals surface area contributed by atoms with E-state index in [4.69, 9.17) is 10.2 Å². The molecule has 0 spiro atoms. The molecule has 0 aliphatic carbocycles. The molecular formula is C28H28FN9O2. The monoisotopic (exact) mass is 541 g/mol. The van der Waals surface area contributed by atoms with Crippen molar-refractivity contribution in [2.24, 2.45) is 0 Å². The second-order valence-corrected chi connectivity index (χ2v) is 9.65. The number of rotatable bonds is 8. The van der Waals surface area contributed by atoms with Gasteiger partial charge >= 0.3 is 0 Å². The van der Waals surface area contributed by atoms with Crippen LogP contribution in [-0.2, 0) is 17.8 Å². The fraction of sp³-hybridized carbons (Fsp3) is 0.250. The first-order chi connectivity index (χ1) is 19.5. The van der Waals surface area contributed by atoms with E-state index in [0.29, 0.717) is 50.7 Å². The number of aromatic nitrogens is 5. The van der Waals surface area contributed by atoms with Crippen LogP contribution in [-0.4, -0.2) is 72.5 Å². The number of fused-ring (bicyclic) bond motifs is 1. The third-order valence-electron chi connectivity index (χ3n) is 6.84. The number of nitrogens with one attached hydrogen (secondary N) is 1. The zero-order valence-electron chi connectivity index (χ0n) is 21.7. The number of halogens is 1. The third-order valence-corrected chi connectivity index (χ3v) is 6.84. The van der Waals surface area contributed by atoms with Gasteiger partial charge in [-0.15, -0.1) is 5.10 Å². The third kappa shape index (κ3) is 5.61. The number of carbonyl (C=O) groups excluding carboxylic acids is 1. The predicted molar refractivity (Wildman–Crippen MR) is 147 cm³/mol. The minimum atomic E-state index is -0.633. The summed E-state index contributed by atoms with van der Waals surface area (Å²) in [6.07, 6.45) is 1.96. The van der Waals surface area contributed by atoms with Gasteiger partial charge in [0.1, 0.15) is 11.9 Å². The molecule has 1 atom stereocenters. The predicted octanol–water partition coefficient (Wildman–Crippen LogP) is 2.87. The molecule has 5 aromatic rings. The van der Waals surface area contributed by atoms with Gasteiger partial charge in [-0.3, -0.25) is 9.69 Å². The number of anilines is 2. The summed E-state index contributed by atoms with van der Waals surface area (Å²) in [7, 11) is 0. The van der Waals surface area contributed by atoms with E-state index in [-0.39, 0.29) is 29.4 Å². The van der Waals surface area contributed by atoms with Crippen molar-refractivity contribution in [2.45, 2.75) is 19.0 Å². The highest BCUT2D eigenvalue weighted by Gasteiger charge is 2.29. The molecule has 0 unspecified atom stereocenters. The van der Waals surface area contributed by atoms with Crippen LogP contribution in [0.3, 0.4) is 0 Å². The molecule has 0 saturated carbocycles. The minimum absolute atomic E-state index is 0.0611. The number of nitrogen functional groups attached to an aromatic ring is 1. The van der Waals surface area contributed by atoms with Crippen LogP contribution in [0.15, 0.2) is 77.4 Å². The van der Waals surface area contributed by atoms with Crippen LogP contribution in [0.5, 0.6) is 0 Å². The summed E-state index contributed by atoms with van der Waals surface area (Å²) in [5.41, 5.74) is 8.08. The Bertz CT molecular complexity index is 1600. The van der Waals surface area contributed by atoms with Crippen LogP contribution in [0.4, 0.5) is 16.3 Å². The van der Waals surface area contributed by atoms with Crippen LogP contribution in [0.2, 0.25) is 0 Å². The molecule has 11 nitrogen and oxygen atoms in total. The normalized spacial score (nSPS) is 14.9. The van der Waals surface area contributed by atoms with Crippen molar-refractivity contribution in [1.29, 1.82) is 0 Å². The van der Waals surface area contributed by atoms with E-state index in [9.17, 15) is 9.18 Å². The standard InChI is InChI=1S/C28H28FN9O2/c29-21-9-4-8-20(16-21)18-36-11-13-37(14-12-36)25(39)22(17-19-6-2-1-3-7-19)31-27-33-26(30)38-28(34-27)32-24(35-38)23-10-5-15-40-23/h1-10,15-16,22H,11-14,17-18H2,(H3,30,31,32,33,34,35)/t22-/m0/s1. The fourth-order valence-electron chi connectivity index (χ4n) is 4.83. The maximum Gasteiger partial charge on any atom is 0.259 e. The van der Waals surface area contributed by atoms with Crippen molar-refractivity contribution in [2.75, 3.05) is 37.2 Å². The maximum atomic E-state index is 13.8. The maximum absolute atomic E-state index is 13.8. The molecule has 1 fully saturated rings. The highest BCUT2D eigenvalue weighted by molar-refractivity contribution is 5.85. The smallest absolute Gasteiger partial charge is 0.259 e. The zero-order valence-corrected chi connectivity index (χ0v) is 21.7. The van der Waals surface area contributed by atoms with Gasteiger partial charge in [0, 0.05) is 39.1 Å². The van der Waals surface area contributed by atoms with E-state index in [1.165, 1.54) is 16.8 Å². The van der Waals surface area contributed by atoms with Gasteiger partial charge in [0.05, 0.1) is 6.26 Å². The summed E-state index contributed by atoms with van der Waals surface area (Å²) in [6.45, 7) is 3.12. The Morgan fingerprint density at radius 2 is 1.77 bits per heavy atom. The highest BCUT2D eigenvalue weighted by atomic mass is 19.1. The second kappa shape index (κ2) is 11.1. The molecule has 1 aliphatic rings. The lowest BCUT2D eigenvalue weighted by molar-refractivity contribution is -0.133. The zero-order chi connectivity index (χ0) is 27.5. The molecule has 2 aromatic carbocycles. The first-order valence-electron chi connectivity index (χ1n) is 13.0. The molecule has 1 amide bonds. The highest BCUT2D eigenvalue weighted by Crippen LogP contribution is 2.19. The summed E-state index contributed by atoms with van der Waals surface area (Å²) >= 11 is 0. The van der Waals surface area contributed by atoms with E-state index >= 15 is 0 Å². The summed E-state index contributed by atoms with van der Waals surface area (Å²) in [6, 6.07) is 19.2. The molecule has 4 heterocycles. The number of piperazine rings is 1. The molecule has 40 heavy (non-hydrogen) atoms. The summed E-state index contributed by atoms with van der Waals surface area (Å²) in [4.78, 5) is 31.1. The van der Waals surface area contributed by atoms with E-state index < -0.39 is 6.04 Å². The fourth-order valence-corrected chi connectivity index (χ4v) is 4.83. The molecule has 204 valence electrons. The lowest BCUT2D eigenvalue weighted by Gasteiger charge is -2.36. The van der Waals surface area contributed by atoms with Crippen LogP contribution < -0.4 is 11.1 Å². The van der Waals surface area contributed by atoms with E-state index in [0.717, 1.165) is 11.1 Å². The summed E-state index contributed by atoms with van der Waals surface area (Å²) < 4.78 is 20.3. The van der Waals surface area contributed by atoms with Crippen LogP contribution in [0.25, 0.3) is 17.4 Å². The largest absolute Gasteiger partial charge is 0.461 e. The average molecular weight is 542 g/mol. The van der Waals surface area contributed by atoms with Gasteiger partial charge in [0.15, 0.2) is 5.76 Å². The number of nitrogens with zero attached hydrogens (tertiary/aromatic N) is 7. The Morgan fingerprint density at radius 1 is 0.975 bits per heavy atom. The number of carbonyl (C=O) groups is 1. The summed E-state index contributed by atoms with van der Waals surface area (Å²) in [5, 5.41) is 7.53. The molecule has 1 aliphatic heterocycles. The molecule has 3 N–H and O–H groups in total. The van der Waals surface area contributed by atoms with Gasteiger partial charge in [-0.2, -0.15) is 19.5 Å². The average Bonchev–Trinajstić information content (AvgIpc) is 3.64. The van der Waals surface area contributed by atoms with Crippen molar-refractivity contribution in [3.63, 3.8) is 0 Å². The van der Waals surface area contributed by atoms with Gasteiger partial charge in [-0.05, 0) is 35.4 Å². The molecule has 6 rings (SSSR count). The van der Waals surface area contributed by atoms with Crippen molar-refractivity contribution >= 4 is 23.6 Å². The molecular weight excluding hydrogens is 513 g/mol. The van der Waals surface area contributed by atoms with Crippen molar-refractivity contribution in [3.8, 4) is 11.6 Å². The van der Waals surface area contributed by atoms with Gasteiger partial charge in [0.2, 0.25) is 23.6 Å². The Balaban J connectivity index is 1.19. The molecule has 0 bridgehead atoms. The SMILES string of the molecule is Nc1nc(N[C@@H](Cc2ccccc2)C(=O)N2CCN(Cc3cccc(F)c3)CC2)nc2nc(-c3ccco3)nn12. The van der Waals surface area contributed by atoms with E-state index in [1.54, 1.807) is 24.3 Å². The van der Waals surface area contributed by atoms with Crippen LogP contribution >= 0.6 is 0 Å². The van der Waals surface area contributed by atoms with Crippen molar-refractivity contribution < 1.29 is 13.6 Å². The van der Waals surface area contributed by atoms with E-state index in [2.05, 4.69) is 30.3 Å². The van der Waals surface area contributed by atoms with Gasteiger partial charge < -0.3 is 20.4 Å². The van der Waals surface area contributed by atoms with Crippen molar-refractivity contribution in [1.82, 2.24) is 34.4 Å². The number of hydrogen-bond acceptors (Lipinski definition) is 9. The number of furan rings is 1. The number of nitrogens with two attached hydrogens (primary N) is 1. The second-order valence-electron chi connectivity index (χ2n) is 9.65. The Hall–Kier alpha value is -4.84. The lowest BCUT2D eigenvalue weighted by atomic mass is 10.0. The van der Waals surface area contributed by atoms with Crippen LogP contribution in [0, 0.1) is 5.82 Å². The lowest BCUT2D eigenvalue weighted by Crippen LogP contribution is -2.53. The Morgan fingerprint density at radius 3 is 2.52 bits per heavy atom. The number of amides is 1. The van der Waals surface area contributed by atoms with E-state index in [1.807, 2.05) is 41.3 Å². The van der Waals surface area contributed by atoms with Crippen molar-refractivity contribution in [3.05, 3.63) is 89.9 Å². The first-order valence-corrected chi connectivity index (χ1v) is 13.0. The topological polar surface area (TPSA) is 131 Å². The Labute approximate surface area is 229 Å². The molecule has 0 radical (unpaired) electrons. The first kappa shape index (κ1) is 25.4. The summed E-state index contributed by atoms with van der Waals surface area (Å²) in [5.74, 6) is 0.999. The number of hydrogen-bond donors (Lipinski definition) is 2. The molecule has 1 saturated heterocycles. The van der Waals surface area contributed by atoms with Crippen LogP contribution in [0.1, 0.15) is 11.1 Å².